The maximum absolute atomic E-state index is 11.8. The summed E-state index contributed by atoms with van der Waals surface area (Å²) in [5.74, 6) is -0.624. The molecule has 3 nitrogen and oxygen atoms in total. The summed E-state index contributed by atoms with van der Waals surface area (Å²) in [6.07, 6.45) is 5.97. The number of halogens is 1. The Balaban J connectivity index is 2.05. The van der Waals surface area contributed by atoms with Gasteiger partial charge < -0.3 is 4.74 Å². The second kappa shape index (κ2) is 8.20. The van der Waals surface area contributed by atoms with E-state index in [1.165, 1.54) is 12.7 Å². The average molecular weight is 308 g/mol. The number of hydrogen-bond acceptors (Lipinski definition) is 3. The van der Waals surface area contributed by atoms with Gasteiger partial charge in [0.05, 0.1) is 18.4 Å². The van der Waals surface area contributed by atoms with Crippen LogP contribution in [0.4, 0.5) is 0 Å². The Morgan fingerprint density at radius 1 is 1.38 bits per heavy atom. The lowest BCUT2D eigenvalue weighted by molar-refractivity contribution is -0.143. The maximum Gasteiger partial charge on any atom is 0.314 e. The number of methoxy groups -OCH3 is 1. The lowest BCUT2D eigenvalue weighted by Gasteiger charge is -2.26. The zero-order valence-corrected chi connectivity index (χ0v) is 13.1. The summed E-state index contributed by atoms with van der Waals surface area (Å²) in [6.45, 7) is 2.52. The van der Waals surface area contributed by atoms with Crippen LogP contribution in [-0.4, -0.2) is 36.4 Å². The van der Waals surface area contributed by atoms with Gasteiger partial charge in [0.25, 0.3) is 0 Å². The number of alkyl halides is 1. The smallest absolute Gasteiger partial charge is 0.314 e. The highest BCUT2D eigenvalue weighted by atomic mass is 35.5. The van der Waals surface area contributed by atoms with Gasteiger partial charge in [-0.2, -0.15) is 0 Å². The van der Waals surface area contributed by atoms with Crippen molar-refractivity contribution in [2.24, 2.45) is 5.92 Å². The fraction of sp³-hybridized carbons (Fsp3) is 0.471. The Kier molecular flexibility index (Phi) is 6.27. The number of carbonyl (C=O) groups is 1. The predicted octanol–water partition coefficient (Wildman–Crippen LogP) is 3.24. The number of rotatable bonds is 3. The molecule has 1 aliphatic rings. The van der Waals surface area contributed by atoms with Crippen LogP contribution in [0, 0.1) is 5.92 Å². The molecule has 0 fully saturated rings. The molecular formula is C17H22ClNO2. The summed E-state index contributed by atoms with van der Waals surface area (Å²) in [7, 11) is 1.41. The van der Waals surface area contributed by atoms with Crippen molar-refractivity contribution in [1.82, 2.24) is 4.90 Å². The lowest BCUT2D eigenvalue weighted by atomic mass is 10.0. The van der Waals surface area contributed by atoms with Gasteiger partial charge in [0.2, 0.25) is 0 Å². The molecule has 1 aliphatic heterocycles. The Labute approximate surface area is 131 Å². The summed E-state index contributed by atoms with van der Waals surface area (Å²) >= 11 is 6.47. The van der Waals surface area contributed by atoms with Crippen molar-refractivity contribution in [3.05, 3.63) is 48.0 Å². The molecule has 0 amide bonds. The van der Waals surface area contributed by atoms with Crippen LogP contribution in [0.25, 0.3) is 0 Å². The van der Waals surface area contributed by atoms with E-state index in [0.717, 1.165) is 25.9 Å². The summed E-state index contributed by atoms with van der Waals surface area (Å²) in [5, 5.41) is -0.268. The van der Waals surface area contributed by atoms with Gasteiger partial charge in [0.15, 0.2) is 0 Å². The van der Waals surface area contributed by atoms with Crippen LogP contribution in [0.3, 0.4) is 0 Å². The first-order valence-corrected chi connectivity index (χ1v) is 7.79. The third-order valence-corrected chi connectivity index (χ3v) is 4.14. The van der Waals surface area contributed by atoms with Gasteiger partial charge >= 0.3 is 5.97 Å². The number of hydrogen-bond donors (Lipinski definition) is 0. The molecule has 4 heteroatoms. The predicted molar refractivity (Wildman–Crippen MR) is 85.2 cm³/mol. The van der Waals surface area contributed by atoms with Crippen LogP contribution in [0.5, 0.6) is 0 Å². The summed E-state index contributed by atoms with van der Waals surface area (Å²) in [5.41, 5.74) is 1.27. The molecule has 0 unspecified atom stereocenters. The highest BCUT2D eigenvalue weighted by Gasteiger charge is 2.27. The topological polar surface area (TPSA) is 29.5 Å². The van der Waals surface area contributed by atoms with E-state index < -0.39 is 0 Å². The SMILES string of the molecule is COC(=O)[C@@H]1/C=C/CCCN(Cc2ccccc2)C[C@@H]1Cl. The first-order chi connectivity index (χ1) is 10.2. The van der Waals surface area contributed by atoms with Crippen molar-refractivity contribution in [2.45, 2.75) is 24.8 Å². The van der Waals surface area contributed by atoms with Crippen LogP contribution < -0.4 is 0 Å². The number of esters is 1. The molecule has 0 spiro atoms. The molecule has 0 saturated heterocycles. The summed E-state index contributed by atoms with van der Waals surface area (Å²) in [4.78, 5) is 14.2. The number of carbonyl (C=O) groups excluding carboxylic acids is 1. The monoisotopic (exact) mass is 307 g/mol. The summed E-state index contributed by atoms with van der Waals surface area (Å²) in [6, 6.07) is 10.3. The van der Waals surface area contributed by atoms with Crippen LogP contribution >= 0.6 is 11.6 Å². The van der Waals surface area contributed by atoms with Crippen molar-refractivity contribution in [3.63, 3.8) is 0 Å². The zero-order valence-electron chi connectivity index (χ0n) is 12.4. The van der Waals surface area contributed by atoms with Gasteiger partial charge in [0.1, 0.15) is 0 Å². The first kappa shape index (κ1) is 16.1. The molecular weight excluding hydrogens is 286 g/mol. The molecule has 21 heavy (non-hydrogen) atoms. The van der Waals surface area contributed by atoms with E-state index in [4.69, 9.17) is 16.3 Å². The minimum Gasteiger partial charge on any atom is -0.469 e. The molecule has 0 bridgehead atoms. The minimum atomic E-state index is -0.368. The standard InChI is InChI=1S/C17H22ClNO2/c1-21-17(20)15-10-6-3-7-11-19(13-16(15)18)12-14-8-4-2-5-9-14/h2,4-6,8-10,15-16H,3,7,11-13H2,1H3/b10-6+/t15-,16+/m1/s1. The number of benzene rings is 1. The molecule has 2 atom stereocenters. The molecule has 1 aromatic carbocycles. The van der Waals surface area contributed by atoms with Crippen molar-refractivity contribution < 1.29 is 9.53 Å². The molecule has 2 rings (SSSR count). The largest absolute Gasteiger partial charge is 0.469 e. The molecule has 0 N–H and O–H groups in total. The highest BCUT2D eigenvalue weighted by molar-refractivity contribution is 6.22. The zero-order chi connectivity index (χ0) is 15.1. The number of allylic oxidation sites excluding steroid dienone is 1. The first-order valence-electron chi connectivity index (χ1n) is 7.35. The lowest BCUT2D eigenvalue weighted by Crippen LogP contribution is -2.36. The van der Waals surface area contributed by atoms with Crippen LogP contribution in [0.2, 0.25) is 0 Å². The second-order valence-corrected chi connectivity index (χ2v) is 5.92. The Morgan fingerprint density at radius 2 is 2.14 bits per heavy atom. The normalized spacial score (nSPS) is 25.4. The van der Waals surface area contributed by atoms with Gasteiger partial charge in [-0.3, -0.25) is 9.69 Å². The molecule has 0 aliphatic carbocycles. The molecule has 1 heterocycles. The molecule has 0 saturated carbocycles. The van der Waals surface area contributed by atoms with Gasteiger partial charge in [-0.05, 0) is 24.9 Å². The van der Waals surface area contributed by atoms with Gasteiger partial charge in [0, 0.05) is 13.1 Å². The fourth-order valence-electron chi connectivity index (χ4n) is 2.60. The Bertz CT molecular complexity index is 475. The molecule has 1 aromatic rings. The fourth-order valence-corrected chi connectivity index (χ4v) is 2.98. The highest BCUT2D eigenvalue weighted by Crippen LogP contribution is 2.20. The number of ether oxygens (including phenoxy) is 1. The summed E-state index contributed by atoms with van der Waals surface area (Å²) < 4.78 is 4.86. The van der Waals surface area contributed by atoms with Crippen LogP contribution in [-0.2, 0) is 16.1 Å². The molecule has 0 aromatic heterocycles. The van der Waals surface area contributed by atoms with E-state index in [9.17, 15) is 4.79 Å². The minimum absolute atomic E-state index is 0.257. The van der Waals surface area contributed by atoms with E-state index in [0.29, 0.717) is 6.54 Å². The number of nitrogens with zero attached hydrogens (tertiary/aromatic N) is 1. The van der Waals surface area contributed by atoms with Crippen molar-refractivity contribution >= 4 is 17.6 Å². The van der Waals surface area contributed by atoms with E-state index in [1.54, 1.807) is 0 Å². The third-order valence-electron chi connectivity index (χ3n) is 3.73. The second-order valence-electron chi connectivity index (χ2n) is 5.36. The van der Waals surface area contributed by atoms with E-state index in [1.807, 2.05) is 30.4 Å². The van der Waals surface area contributed by atoms with Crippen molar-refractivity contribution in [2.75, 3.05) is 20.2 Å². The van der Waals surface area contributed by atoms with Crippen molar-refractivity contribution in [3.8, 4) is 0 Å². The van der Waals surface area contributed by atoms with E-state index in [2.05, 4.69) is 17.0 Å². The van der Waals surface area contributed by atoms with Crippen LogP contribution in [0.1, 0.15) is 18.4 Å². The van der Waals surface area contributed by atoms with Gasteiger partial charge in [-0.15, -0.1) is 11.6 Å². The van der Waals surface area contributed by atoms with Gasteiger partial charge in [-0.1, -0.05) is 42.5 Å². The quantitative estimate of drug-likeness (QED) is 0.488. The Morgan fingerprint density at radius 3 is 2.86 bits per heavy atom. The average Bonchev–Trinajstić information content (AvgIpc) is 2.58. The van der Waals surface area contributed by atoms with E-state index in [-0.39, 0.29) is 17.3 Å². The third kappa shape index (κ3) is 4.87. The Hall–Kier alpha value is -1.32. The van der Waals surface area contributed by atoms with E-state index >= 15 is 0 Å². The van der Waals surface area contributed by atoms with Gasteiger partial charge in [-0.25, -0.2) is 0 Å². The van der Waals surface area contributed by atoms with Crippen molar-refractivity contribution in [1.29, 1.82) is 0 Å². The molecule has 114 valence electrons. The van der Waals surface area contributed by atoms with Crippen LogP contribution in [0.15, 0.2) is 42.5 Å². The molecule has 0 radical (unpaired) electrons. The maximum atomic E-state index is 11.8.